The maximum absolute atomic E-state index is 11.1. The Hall–Kier alpha value is -0.790. The van der Waals surface area contributed by atoms with Crippen molar-refractivity contribution in [2.45, 2.75) is 71.1 Å². The third kappa shape index (κ3) is 10.1. The number of hydrogen-bond donors (Lipinski definition) is 1. The Bertz CT molecular complexity index is 199. The van der Waals surface area contributed by atoms with Gasteiger partial charge in [0.1, 0.15) is 0 Å². The lowest BCUT2D eigenvalue weighted by atomic mass is 9.94. The van der Waals surface area contributed by atoms with Crippen molar-refractivity contribution in [1.29, 1.82) is 0 Å². The highest BCUT2D eigenvalue weighted by Crippen LogP contribution is 2.18. The number of unbranched alkanes of at least 4 members (excludes halogenated alkanes) is 6. The summed E-state index contributed by atoms with van der Waals surface area (Å²) >= 11 is 0. The fourth-order valence-corrected chi connectivity index (χ4v) is 2.06. The first-order valence-electron chi connectivity index (χ1n) is 7.06. The van der Waals surface area contributed by atoms with Crippen LogP contribution in [0.5, 0.6) is 0 Å². The SMILES string of the molecule is C=CCCCCCC(CCCCCC)C(=O)O. The number of carbonyl (C=O) groups is 1. The van der Waals surface area contributed by atoms with Gasteiger partial charge in [-0.15, -0.1) is 6.58 Å². The predicted octanol–water partition coefficient (Wildman–Crippen LogP) is 4.79. The molecule has 1 atom stereocenters. The van der Waals surface area contributed by atoms with E-state index in [9.17, 15) is 4.79 Å². The van der Waals surface area contributed by atoms with Crippen LogP contribution in [0.4, 0.5) is 0 Å². The van der Waals surface area contributed by atoms with Crippen LogP contribution >= 0.6 is 0 Å². The van der Waals surface area contributed by atoms with Crippen molar-refractivity contribution in [1.82, 2.24) is 0 Å². The molecule has 1 unspecified atom stereocenters. The molecule has 0 bridgehead atoms. The van der Waals surface area contributed by atoms with Crippen LogP contribution in [0.1, 0.15) is 71.1 Å². The average Bonchev–Trinajstić information content (AvgIpc) is 2.31. The molecule has 0 heterocycles. The van der Waals surface area contributed by atoms with Crippen molar-refractivity contribution in [3.8, 4) is 0 Å². The molecule has 0 rings (SSSR count). The number of allylic oxidation sites excluding steroid dienone is 1. The average molecular weight is 240 g/mol. The van der Waals surface area contributed by atoms with Crippen LogP contribution in [0, 0.1) is 5.92 Å². The van der Waals surface area contributed by atoms with Gasteiger partial charge in [-0.25, -0.2) is 0 Å². The lowest BCUT2D eigenvalue weighted by Crippen LogP contribution is -2.13. The first-order valence-corrected chi connectivity index (χ1v) is 7.06. The molecule has 2 nitrogen and oxygen atoms in total. The van der Waals surface area contributed by atoms with Crippen LogP contribution in [0.15, 0.2) is 12.7 Å². The molecule has 0 aliphatic carbocycles. The first-order chi connectivity index (χ1) is 8.22. The van der Waals surface area contributed by atoms with Crippen LogP contribution < -0.4 is 0 Å². The van der Waals surface area contributed by atoms with Crippen LogP contribution in [0.25, 0.3) is 0 Å². The van der Waals surface area contributed by atoms with Gasteiger partial charge in [-0.05, 0) is 25.7 Å². The minimum atomic E-state index is -0.606. The van der Waals surface area contributed by atoms with E-state index < -0.39 is 5.97 Å². The minimum absolute atomic E-state index is 0.115. The quantitative estimate of drug-likeness (QED) is 0.393. The normalized spacial score (nSPS) is 12.3. The number of hydrogen-bond acceptors (Lipinski definition) is 1. The van der Waals surface area contributed by atoms with Crippen molar-refractivity contribution in [2.24, 2.45) is 5.92 Å². The van der Waals surface area contributed by atoms with Crippen LogP contribution in [0.2, 0.25) is 0 Å². The van der Waals surface area contributed by atoms with E-state index in [4.69, 9.17) is 5.11 Å². The molecule has 17 heavy (non-hydrogen) atoms. The Labute approximate surface area is 106 Å². The van der Waals surface area contributed by atoms with Crippen LogP contribution in [0.3, 0.4) is 0 Å². The summed E-state index contributed by atoms with van der Waals surface area (Å²) in [5.41, 5.74) is 0. The van der Waals surface area contributed by atoms with E-state index in [1.807, 2.05) is 6.08 Å². The molecule has 0 aromatic rings. The van der Waals surface area contributed by atoms with Gasteiger partial charge in [-0.3, -0.25) is 4.79 Å². The second-order valence-electron chi connectivity index (χ2n) is 4.81. The molecule has 0 saturated heterocycles. The molecule has 2 heteroatoms. The molecule has 0 spiro atoms. The van der Waals surface area contributed by atoms with Crippen molar-refractivity contribution >= 4 is 5.97 Å². The highest BCUT2D eigenvalue weighted by atomic mass is 16.4. The Morgan fingerprint density at radius 2 is 1.71 bits per heavy atom. The van der Waals surface area contributed by atoms with Gasteiger partial charge < -0.3 is 5.11 Å². The van der Waals surface area contributed by atoms with E-state index in [1.54, 1.807) is 0 Å². The Kier molecular flexibility index (Phi) is 11.1. The molecule has 0 radical (unpaired) electrons. The lowest BCUT2D eigenvalue weighted by molar-refractivity contribution is -0.142. The van der Waals surface area contributed by atoms with Gasteiger partial charge in [0.2, 0.25) is 0 Å². The Morgan fingerprint density at radius 1 is 1.12 bits per heavy atom. The number of carboxylic acids is 1. The second kappa shape index (κ2) is 11.7. The summed E-state index contributed by atoms with van der Waals surface area (Å²) in [4.78, 5) is 11.1. The summed E-state index contributed by atoms with van der Waals surface area (Å²) in [6.07, 6.45) is 12.7. The summed E-state index contributed by atoms with van der Waals surface area (Å²) in [5.74, 6) is -0.721. The fraction of sp³-hybridized carbons (Fsp3) is 0.800. The zero-order valence-electron chi connectivity index (χ0n) is 11.3. The lowest BCUT2D eigenvalue weighted by Gasteiger charge is -2.11. The summed E-state index contributed by atoms with van der Waals surface area (Å²) in [5, 5.41) is 9.12. The van der Waals surface area contributed by atoms with Gasteiger partial charge >= 0.3 is 5.97 Å². The van der Waals surface area contributed by atoms with Crippen LogP contribution in [-0.2, 0) is 4.79 Å². The van der Waals surface area contributed by atoms with E-state index in [0.717, 1.165) is 44.9 Å². The Balaban J connectivity index is 3.60. The largest absolute Gasteiger partial charge is 0.481 e. The molecule has 0 aromatic carbocycles. The third-order valence-corrected chi connectivity index (χ3v) is 3.22. The number of rotatable bonds is 12. The summed E-state index contributed by atoms with van der Waals surface area (Å²) < 4.78 is 0. The number of carboxylic acid groups (broad SMARTS) is 1. The highest BCUT2D eigenvalue weighted by Gasteiger charge is 2.15. The fourth-order valence-electron chi connectivity index (χ4n) is 2.06. The topological polar surface area (TPSA) is 37.3 Å². The summed E-state index contributed by atoms with van der Waals surface area (Å²) in [6.45, 7) is 5.86. The molecule has 100 valence electrons. The van der Waals surface area contributed by atoms with Gasteiger partial charge in [0.25, 0.3) is 0 Å². The smallest absolute Gasteiger partial charge is 0.306 e. The monoisotopic (exact) mass is 240 g/mol. The van der Waals surface area contributed by atoms with Crippen LogP contribution in [-0.4, -0.2) is 11.1 Å². The molecule has 1 N–H and O–H groups in total. The first kappa shape index (κ1) is 16.2. The predicted molar refractivity (Wildman–Crippen MR) is 73.2 cm³/mol. The maximum atomic E-state index is 11.1. The summed E-state index contributed by atoms with van der Waals surface area (Å²) in [7, 11) is 0. The van der Waals surface area contributed by atoms with Crippen molar-refractivity contribution in [2.75, 3.05) is 0 Å². The highest BCUT2D eigenvalue weighted by molar-refractivity contribution is 5.69. The van der Waals surface area contributed by atoms with Crippen molar-refractivity contribution < 1.29 is 9.90 Å². The molecular weight excluding hydrogens is 212 g/mol. The second-order valence-corrected chi connectivity index (χ2v) is 4.81. The molecule has 0 aliphatic rings. The zero-order valence-corrected chi connectivity index (χ0v) is 11.3. The van der Waals surface area contributed by atoms with E-state index in [2.05, 4.69) is 13.5 Å². The van der Waals surface area contributed by atoms with E-state index in [0.29, 0.717) is 0 Å². The molecule has 0 amide bonds. The summed E-state index contributed by atoms with van der Waals surface area (Å²) in [6, 6.07) is 0. The molecule has 0 aliphatic heterocycles. The molecule has 0 aromatic heterocycles. The van der Waals surface area contributed by atoms with Gasteiger partial charge in [0, 0.05) is 0 Å². The molecular formula is C15H28O2. The van der Waals surface area contributed by atoms with Gasteiger partial charge in [-0.2, -0.15) is 0 Å². The maximum Gasteiger partial charge on any atom is 0.306 e. The van der Waals surface area contributed by atoms with E-state index in [-0.39, 0.29) is 5.92 Å². The standard InChI is InChI=1S/C15H28O2/c1-3-5-7-9-11-13-14(15(16)17)12-10-8-6-4-2/h3,14H,1,4-13H2,2H3,(H,16,17). The minimum Gasteiger partial charge on any atom is -0.481 e. The van der Waals surface area contributed by atoms with Gasteiger partial charge in [0.15, 0.2) is 0 Å². The molecule has 0 fully saturated rings. The zero-order chi connectivity index (χ0) is 12.9. The van der Waals surface area contributed by atoms with Gasteiger partial charge in [-0.1, -0.05) is 51.5 Å². The Morgan fingerprint density at radius 3 is 2.18 bits per heavy atom. The van der Waals surface area contributed by atoms with E-state index >= 15 is 0 Å². The van der Waals surface area contributed by atoms with Gasteiger partial charge in [0.05, 0.1) is 5.92 Å². The van der Waals surface area contributed by atoms with Crippen molar-refractivity contribution in [3.05, 3.63) is 12.7 Å². The third-order valence-electron chi connectivity index (χ3n) is 3.22. The number of aliphatic carboxylic acids is 1. The van der Waals surface area contributed by atoms with Crippen molar-refractivity contribution in [3.63, 3.8) is 0 Å². The molecule has 0 saturated carbocycles. The van der Waals surface area contributed by atoms with E-state index in [1.165, 1.54) is 19.3 Å².